The molecule has 0 fully saturated rings. The predicted octanol–water partition coefficient (Wildman–Crippen LogP) is 4.78. The van der Waals surface area contributed by atoms with E-state index >= 15 is 0 Å². The summed E-state index contributed by atoms with van der Waals surface area (Å²) in [5.74, 6) is 0.895. The van der Waals surface area contributed by atoms with Crippen LogP contribution in [-0.4, -0.2) is 19.9 Å². The molecule has 0 unspecified atom stereocenters. The first kappa shape index (κ1) is 18.1. The Balaban J connectivity index is 1.82. The van der Waals surface area contributed by atoms with Crippen molar-refractivity contribution < 1.29 is 13.2 Å². The summed E-state index contributed by atoms with van der Waals surface area (Å²) < 4.78 is 39.0. The van der Waals surface area contributed by atoms with Gasteiger partial charge in [-0.2, -0.15) is 13.2 Å². The van der Waals surface area contributed by atoms with Gasteiger partial charge in [0.1, 0.15) is 5.82 Å². The van der Waals surface area contributed by atoms with Crippen LogP contribution in [-0.2, 0) is 6.18 Å². The predicted molar refractivity (Wildman–Crippen MR) is 91.5 cm³/mol. The summed E-state index contributed by atoms with van der Waals surface area (Å²) in [6, 6.07) is 5.12. The van der Waals surface area contributed by atoms with E-state index in [4.69, 9.17) is 11.6 Å². The fourth-order valence-corrected chi connectivity index (χ4v) is 2.49. The van der Waals surface area contributed by atoms with E-state index in [-0.39, 0.29) is 11.1 Å². The minimum absolute atomic E-state index is 0.276. The number of halogens is 4. The molecular formula is C17H13ClF3N5. The molecule has 2 heterocycles. The molecule has 3 aromatic rings. The Bertz CT molecular complexity index is 885. The first-order chi connectivity index (χ1) is 12.3. The summed E-state index contributed by atoms with van der Waals surface area (Å²) in [7, 11) is 0. The summed E-state index contributed by atoms with van der Waals surface area (Å²) in [4.78, 5) is 16.6. The van der Waals surface area contributed by atoms with Crippen LogP contribution in [0.2, 0.25) is 5.02 Å². The van der Waals surface area contributed by atoms with Gasteiger partial charge in [-0.15, -0.1) is 0 Å². The SMILES string of the molecule is C[C@H](Nc1ncccn1)c1ncc(-c2ccc(Cl)c(C(F)(F)F)c2)cn1. The number of nitrogens with zero attached hydrogens (tertiary/aromatic N) is 4. The molecule has 0 aliphatic rings. The van der Waals surface area contributed by atoms with Gasteiger partial charge in [0.15, 0.2) is 0 Å². The zero-order chi connectivity index (χ0) is 18.7. The molecule has 9 heteroatoms. The third kappa shape index (κ3) is 4.08. The number of hydrogen-bond acceptors (Lipinski definition) is 5. The summed E-state index contributed by atoms with van der Waals surface area (Å²) in [6.07, 6.45) is 1.61. The number of nitrogens with one attached hydrogen (secondary N) is 1. The van der Waals surface area contributed by atoms with Crippen molar-refractivity contribution in [3.63, 3.8) is 0 Å². The lowest BCUT2D eigenvalue weighted by atomic mass is 10.1. The maximum Gasteiger partial charge on any atom is 0.417 e. The van der Waals surface area contributed by atoms with Crippen LogP contribution in [0.4, 0.5) is 19.1 Å². The molecule has 1 aromatic carbocycles. The van der Waals surface area contributed by atoms with Crippen LogP contribution in [0.15, 0.2) is 49.1 Å². The standard InChI is InChI=1S/C17H13ClF3N5/c1-10(26-16-22-5-2-6-23-16)15-24-8-12(9-25-15)11-3-4-14(18)13(7-11)17(19,20)21/h2-10H,1H3,(H,22,23,26)/t10-/m0/s1. The second kappa shape index (κ2) is 7.25. The first-order valence-corrected chi connectivity index (χ1v) is 7.95. The Morgan fingerprint density at radius 2 is 1.65 bits per heavy atom. The Labute approximate surface area is 152 Å². The fraction of sp³-hybridized carbons (Fsp3) is 0.176. The topological polar surface area (TPSA) is 63.6 Å². The average Bonchev–Trinajstić information content (AvgIpc) is 2.62. The Morgan fingerprint density at radius 1 is 1.00 bits per heavy atom. The number of aromatic nitrogens is 4. The van der Waals surface area contributed by atoms with E-state index in [9.17, 15) is 13.2 Å². The normalized spacial score (nSPS) is 12.7. The maximum atomic E-state index is 13.0. The molecular weight excluding hydrogens is 367 g/mol. The van der Waals surface area contributed by atoms with Gasteiger partial charge in [-0.3, -0.25) is 0 Å². The van der Waals surface area contributed by atoms with Crippen molar-refractivity contribution in [1.82, 2.24) is 19.9 Å². The molecule has 1 N–H and O–H groups in total. The number of hydrogen-bond donors (Lipinski definition) is 1. The second-order valence-electron chi connectivity index (χ2n) is 5.46. The summed E-state index contributed by atoms with van der Waals surface area (Å²) in [6.45, 7) is 1.83. The highest BCUT2D eigenvalue weighted by molar-refractivity contribution is 6.31. The quantitative estimate of drug-likeness (QED) is 0.706. The minimum atomic E-state index is -4.53. The first-order valence-electron chi connectivity index (χ1n) is 7.57. The highest BCUT2D eigenvalue weighted by Crippen LogP contribution is 2.37. The van der Waals surface area contributed by atoms with E-state index in [1.54, 1.807) is 18.5 Å². The van der Waals surface area contributed by atoms with Crippen LogP contribution < -0.4 is 5.32 Å². The van der Waals surface area contributed by atoms with Crippen molar-refractivity contribution in [1.29, 1.82) is 0 Å². The van der Waals surface area contributed by atoms with Gasteiger partial charge in [0.05, 0.1) is 16.6 Å². The van der Waals surface area contributed by atoms with Crippen molar-refractivity contribution in [3.05, 3.63) is 65.5 Å². The molecule has 0 radical (unpaired) electrons. The Kier molecular flexibility index (Phi) is 5.03. The number of anilines is 1. The lowest BCUT2D eigenvalue weighted by Gasteiger charge is -2.13. The zero-order valence-electron chi connectivity index (χ0n) is 13.5. The van der Waals surface area contributed by atoms with Crippen LogP contribution in [0, 0.1) is 0 Å². The van der Waals surface area contributed by atoms with Crippen molar-refractivity contribution in [2.24, 2.45) is 0 Å². The lowest BCUT2D eigenvalue weighted by Crippen LogP contribution is -2.12. The van der Waals surface area contributed by atoms with Gasteiger partial charge in [0, 0.05) is 30.4 Å². The molecule has 0 bridgehead atoms. The fourth-order valence-electron chi connectivity index (χ4n) is 2.26. The molecule has 0 saturated carbocycles. The molecule has 0 amide bonds. The van der Waals surface area contributed by atoms with Gasteiger partial charge in [0.25, 0.3) is 0 Å². The monoisotopic (exact) mass is 379 g/mol. The van der Waals surface area contributed by atoms with Crippen LogP contribution >= 0.6 is 11.6 Å². The maximum absolute atomic E-state index is 13.0. The van der Waals surface area contributed by atoms with Crippen molar-refractivity contribution in [2.75, 3.05) is 5.32 Å². The van der Waals surface area contributed by atoms with Gasteiger partial charge < -0.3 is 5.32 Å². The number of rotatable bonds is 4. The minimum Gasteiger partial charge on any atom is -0.344 e. The summed E-state index contributed by atoms with van der Waals surface area (Å²) in [5.41, 5.74) is -0.101. The van der Waals surface area contributed by atoms with Crippen molar-refractivity contribution in [2.45, 2.75) is 19.1 Å². The molecule has 0 aliphatic heterocycles. The van der Waals surface area contributed by atoms with Crippen LogP contribution in [0.1, 0.15) is 24.4 Å². The molecule has 134 valence electrons. The van der Waals surface area contributed by atoms with E-state index in [0.717, 1.165) is 6.07 Å². The molecule has 2 aromatic heterocycles. The van der Waals surface area contributed by atoms with Crippen molar-refractivity contribution in [3.8, 4) is 11.1 Å². The van der Waals surface area contributed by atoms with Crippen LogP contribution in [0.3, 0.4) is 0 Å². The smallest absolute Gasteiger partial charge is 0.344 e. The van der Waals surface area contributed by atoms with E-state index in [1.165, 1.54) is 24.5 Å². The summed E-state index contributed by atoms with van der Waals surface area (Å²) >= 11 is 5.64. The largest absolute Gasteiger partial charge is 0.417 e. The molecule has 0 spiro atoms. The van der Waals surface area contributed by atoms with Gasteiger partial charge in [-0.25, -0.2) is 19.9 Å². The molecule has 1 atom stereocenters. The molecule has 0 saturated heterocycles. The van der Waals surface area contributed by atoms with Gasteiger partial charge >= 0.3 is 6.18 Å². The van der Waals surface area contributed by atoms with E-state index in [2.05, 4.69) is 25.3 Å². The highest BCUT2D eigenvalue weighted by Gasteiger charge is 2.33. The van der Waals surface area contributed by atoms with E-state index in [1.807, 2.05) is 6.92 Å². The van der Waals surface area contributed by atoms with Gasteiger partial charge in [-0.05, 0) is 30.7 Å². The average molecular weight is 380 g/mol. The highest BCUT2D eigenvalue weighted by atomic mass is 35.5. The second-order valence-corrected chi connectivity index (χ2v) is 5.87. The van der Waals surface area contributed by atoms with Crippen molar-refractivity contribution >= 4 is 17.5 Å². The lowest BCUT2D eigenvalue weighted by molar-refractivity contribution is -0.137. The van der Waals surface area contributed by atoms with Gasteiger partial charge in [-0.1, -0.05) is 17.7 Å². The van der Waals surface area contributed by atoms with E-state index < -0.39 is 11.7 Å². The number of benzene rings is 1. The van der Waals surface area contributed by atoms with Crippen LogP contribution in [0.5, 0.6) is 0 Å². The number of alkyl halides is 3. The molecule has 3 rings (SSSR count). The third-order valence-electron chi connectivity index (χ3n) is 3.58. The molecule has 0 aliphatic carbocycles. The molecule has 5 nitrogen and oxygen atoms in total. The summed E-state index contributed by atoms with van der Waals surface area (Å²) in [5, 5.41) is 2.69. The Morgan fingerprint density at radius 3 is 2.27 bits per heavy atom. The molecule has 26 heavy (non-hydrogen) atoms. The zero-order valence-corrected chi connectivity index (χ0v) is 14.3. The van der Waals surface area contributed by atoms with Crippen LogP contribution in [0.25, 0.3) is 11.1 Å². The van der Waals surface area contributed by atoms with Gasteiger partial charge in [0.2, 0.25) is 5.95 Å². The third-order valence-corrected chi connectivity index (χ3v) is 3.91. The van der Waals surface area contributed by atoms with E-state index in [0.29, 0.717) is 22.9 Å². The Hall–Kier alpha value is -2.74.